The maximum Gasteiger partial charge on any atom is 0.265 e. The van der Waals surface area contributed by atoms with Gasteiger partial charge >= 0.3 is 0 Å². The number of hydrogen-bond acceptors (Lipinski definition) is 4. The number of rotatable bonds is 4. The summed E-state index contributed by atoms with van der Waals surface area (Å²) in [5, 5.41) is 7.19. The summed E-state index contributed by atoms with van der Waals surface area (Å²) >= 11 is 0. The number of ether oxygens (including phenoxy) is 1. The number of carbonyl (C=O) groups excluding carboxylic acids is 2. The predicted molar refractivity (Wildman–Crippen MR) is 117 cm³/mol. The van der Waals surface area contributed by atoms with Gasteiger partial charge in [0.05, 0.1) is 29.1 Å². The molecule has 32 heavy (non-hydrogen) atoms. The zero-order chi connectivity index (χ0) is 22.2. The van der Waals surface area contributed by atoms with E-state index < -0.39 is 5.82 Å². The summed E-state index contributed by atoms with van der Waals surface area (Å²) in [7, 11) is 0. The molecule has 0 radical (unpaired) electrons. The highest BCUT2D eigenvalue weighted by molar-refractivity contribution is 6.06. The summed E-state index contributed by atoms with van der Waals surface area (Å²) in [5.41, 5.74) is 3.14. The van der Waals surface area contributed by atoms with Crippen LogP contribution in [0.2, 0.25) is 0 Å². The van der Waals surface area contributed by atoms with Gasteiger partial charge in [-0.05, 0) is 48.9 Å². The highest BCUT2D eigenvalue weighted by atomic mass is 19.1. The monoisotopic (exact) mass is 430 g/mol. The molecule has 2 aromatic heterocycles. The van der Waals surface area contributed by atoms with Gasteiger partial charge in [-0.25, -0.2) is 8.91 Å². The summed E-state index contributed by atoms with van der Waals surface area (Å²) in [6.45, 7) is 1.73. The van der Waals surface area contributed by atoms with Gasteiger partial charge in [0.2, 0.25) is 0 Å². The molecule has 1 aliphatic rings. The maximum atomic E-state index is 13.6. The van der Waals surface area contributed by atoms with Crippen molar-refractivity contribution in [2.24, 2.45) is 0 Å². The molecular formula is C24H19FN4O3. The summed E-state index contributed by atoms with van der Waals surface area (Å²) in [5.74, 6) is -0.552. The van der Waals surface area contributed by atoms with Crippen molar-refractivity contribution >= 4 is 28.7 Å². The van der Waals surface area contributed by atoms with E-state index in [2.05, 4.69) is 10.4 Å². The average molecular weight is 430 g/mol. The molecule has 0 saturated carbocycles. The first-order valence-electron chi connectivity index (χ1n) is 10.1. The van der Waals surface area contributed by atoms with Crippen molar-refractivity contribution < 1.29 is 18.7 Å². The highest BCUT2D eigenvalue weighted by Crippen LogP contribution is 2.38. The molecule has 4 aromatic rings. The van der Waals surface area contributed by atoms with Gasteiger partial charge < -0.3 is 10.1 Å². The molecule has 1 unspecified atom stereocenters. The molecule has 0 saturated heterocycles. The average Bonchev–Trinajstić information content (AvgIpc) is 3.21. The number of nitrogens with one attached hydrogen (secondary N) is 1. The number of fused-ring (bicyclic) bond motifs is 2. The Balaban J connectivity index is 1.48. The minimum atomic E-state index is -0.426. The number of amides is 2. The van der Waals surface area contributed by atoms with Crippen LogP contribution in [0.15, 0.2) is 73.1 Å². The molecule has 0 aliphatic carbocycles. The molecular weight excluding hydrogens is 411 g/mol. The first kappa shape index (κ1) is 19.7. The van der Waals surface area contributed by atoms with Crippen molar-refractivity contribution in [3.8, 4) is 5.75 Å². The molecule has 7 nitrogen and oxygen atoms in total. The third-order valence-corrected chi connectivity index (χ3v) is 5.50. The van der Waals surface area contributed by atoms with E-state index in [0.717, 1.165) is 5.56 Å². The maximum absolute atomic E-state index is 13.6. The number of nitrogens with zero attached hydrogens (tertiary/aromatic N) is 3. The molecule has 2 amide bonds. The van der Waals surface area contributed by atoms with E-state index in [1.165, 1.54) is 12.1 Å². The van der Waals surface area contributed by atoms with E-state index in [9.17, 15) is 14.0 Å². The van der Waals surface area contributed by atoms with Gasteiger partial charge in [0.25, 0.3) is 11.8 Å². The first-order chi connectivity index (χ1) is 15.5. The van der Waals surface area contributed by atoms with Crippen LogP contribution in [0, 0.1) is 5.82 Å². The number of halogens is 1. The first-order valence-corrected chi connectivity index (χ1v) is 10.1. The minimum absolute atomic E-state index is 0.159. The molecule has 0 bridgehead atoms. The summed E-state index contributed by atoms with van der Waals surface area (Å²) in [6.07, 6.45) is 3.36. The third kappa shape index (κ3) is 3.45. The van der Waals surface area contributed by atoms with Gasteiger partial charge in [0.15, 0.2) is 6.61 Å². The molecule has 2 aromatic carbocycles. The van der Waals surface area contributed by atoms with Gasteiger partial charge in [0.1, 0.15) is 11.6 Å². The lowest BCUT2D eigenvalue weighted by Gasteiger charge is -2.34. The molecule has 0 fully saturated rings. The molecule has 5 rings (SSSR count). The largest absolute Gasteiger partial charge is 0.481 e. The van der Waals surface area contributed by atoms with Crippen LogP contribution >= 0.6 is 0 Å². The van der Waals surface area contributed by atoms with E-state index in [1.807, 2.05) is 25.1 Å². The Labute approximate surface area is 183 Å². The summed E-state index contributed by atoms with van der Waals surface area (Å²) < 4.78 is 20.7. The lowest BCUT2D eigenvalue weighted by Crippen LogP contribution is -2.40. The fourth-order valence-electron chi connectivity index (χ4n) is 3.86. The fourth-order valence-corrected chi connectivity index (χ4v) is 3.86. The second kappa shape index (κ2) is 7.81. The fraction of sp³-hybridized carbons (Fsp3) is 0.125. The van der Waals surface area contributed by atoms with Crippen molar-refractivity contribution in [2.45, 2.75) is 13.0 Å². The van der Waals surface area contributed by atoms with Crippen molar-refractivity contribution in [2.75, 3.05) is 16.8 Å². The molecule has 8 heteroatoms. The van der Waals surface area contributed by atoms with Crippen molar-refractivity contribution in [1.29, 1.82) is 0 Å². The lowest BCUT2D eigenvalue weighted by atomic mass is 10.1. The van der Waals surface area contributed by atoms with Gasteiger partial charge in [-0.3, -0.25) is 14.5 Å². The van der Waals surface area contributed by atoms with E-state index >= 15 is 0 Å². The van der Waals surface area contributed by atoms with Crippen LogP contribution in [-0.4, -0.2) is 28.0 Å². The van der Waals surface area contributed by atoms with Gasteiger partial charge in [-0.2, -0.15) is 5.10 Å². The Morgan fingerprint density at radius 2 is 1.97 bits per heavy atom. The van der Waals surface area contributed by atoms with Crippen LogP contribution in [0.3, 0.4) is 0 Å². The number of aromatic nitrogens is 2. The second-order valence-corrected chi connectivity index (χ2v) is 7.51. The number of hydrogen-bond donors (Lipinski definition) is 1. The molecule has 160 valence electrons. The summed E-state index contributed by atoms with van der Waals surface area (Å²) in [4.78, 5) is 26.9. The molecule has 0 spiro atoms. The smallest absolute Gasteiger partial charge is 0.265 e. The number of carbonyl (C=O) groups is 2. The molecule has 3 heterocycles. The van der Waals surface area contributed by atoms with Crippen LogP contribution < -0.4 is 15.0 Å². The van der Waals surface area contributed by atoms with Crippen LogP contribution in [0.1, 0.15) is 28.9 Å². The van der Waals surface area contributed by atoms with Gasteiger partial charge in [-0.15, -0.1) is 0 Å². The quantitative estimate of drug-likeness (QED) is 0.526. The van der Waals surface area contributed by atoms with E-state index in [1.54, 1.807) is 52.1 Å². The minimum Gasteiger partial charge on any atom is -0.481 e. The van der Waals surface area contributed by atoms with Crippen LogP contribution in [-0.2, 0) is 4.79 Å². The zero-order valence-corrected chi connectivity index (χ0v) is 17.2. The Hall–Kier alpha value is -4.20. The normalized spacial score (nSPS) is 14.1. The van der Waals surface area contributed by atoms with E-state index in [4.69, 9.17) is 4.74 Å². The number of pyridine rings is 1. The van der Waals surface area contributed by atoms with Crippen molar-refractivity contribution in [1.82, 2.24) is 9.61 Å². The van der Waals surface area contributed by atoms with Crippen molar-refractivity contribution in [3.05, 3.63) is 90.0 Å². The topological polar surface area (TPSA) is 75.9 Å². The Bertz CT molecular complexity index is 1340. The van der Waals surface area contributed by atoms with Gasteiger partial charge in [-0.1, -0.05) is 18.2 Å². The third-order valence-electron chi connectivity index (χ3n) is 5.50. The van der Waals surface area contributed by atoms with E-state index in [-0.39, 0.29) is 24.5 Å². The van der Waals surface area contributed by atoms with Crippen LogP contribution in [0.25, 0.3) is 5.52 Å². The van der Waals surface area contributed by atoms with Crippen LogP contribution in [0.4, 0.5) is 15.8 Å². The standard InChI is InChI=1S/C24H19FN4O3/c1-15(29-20-8-7-18(25)12-22(20)32-14-23(29)30)17-9-10-28-21(11-17)19(13-26-28)27-24(31)16-5-3-2-4-6-16/h2-13,15H,14H2,1H3,(H,27,31). The second-order valence-electron chi connectivity index (χ2n) is 7.51. The number of benzene rings is 2. The highest BCUT2D eigenvalue weighted by Gasteiger charge is 2.31. The SMILES string of the molecule is CC(c1ccn2ncc(NC(=O)c3ccccc3)c2c1)N1C(=O)COc2cc(F)ccc21. The Kier molecular flexibility index (Phi) is 4.82. The Morgan fingerprint density at radius 1 is 1.16 bits per heavy atom. The molecule has 1 atom stereocenters. The lowest BCUT2D eigenvalue weighted by molar-refractivity contribution is -0.121. The van der Waals surface area contributed by atoms with E-state index in [0.29, 0.717) is 28.2 Å². The molecule has 1 aliphatic heterocycles. The zero-order valence-electron chi connectivity index (χ0n) is 17.2. The summed E-state index contributed by atoms with van der Waals surface area (Å²) in [6, 6.07) is 16.4. The van der Waals surface area contributed by atoms with Gasteiger partial charge in [0, 0.05) is 17.8 Å². The molecule has 1 N–H and O–H groups in total. The number of anilines is 2. The van der Waals surface area contributed by atoms with Crippen LogP contribution in [0.5, 0.6) is 5.75 Å². The predicted octanol–water partition coefficient (Wildman–Crippen LogP) is 4.21. The van der Waals surface area contributed by atoms with Crippen molar-refractivity contribution in [3.63, 3.8) is 0 Å². The Morgan fingerprint density at radius 3 is 2.78 bits per heavy atom.